The first-order chi connectivity index (χ1) is 8.11. The summed E-state index contributed by atoms with van der Waals surface area (Å²) in [5.41, 5.74) is 6.98. The zero-order valence-electron chi connectivity index (χ0n) is 10.9. The van der Waals surface area contributed by atoms with Gasteiger partial charge in [0, 0.05) is 37.6 Å². The van der Waals surface area contributed by atoms with E-state index >= 15 is 0 Å². The number of nitrogens with zero attached hydrogens (tertiary/aromatic N) is 3. The Hall–Kier alpha value is -0.650. The van der Waals surface area contributed by atoms with E-state index in [0.717, 1.165) is 31.3 Å². The van der Waals surface area contributed by atoms with Gasteiger partial charge in [0.1, 0.15) is 0 Å². The fourth-order valence-corrected chi connectivity index (χ4v) is 3.23. The van der Waals surface area contributed by atoms with Crippen molar-refractivity contribution in [3.63, 3.8) is 0 Å². The summed E-state index contributed by atoms with van der Waals surface area (Å²) >= 11 is 1.77. The highest BCUT2D eigenvalue weighted by atomic mass is 32.1. The van der Waals surface area contributed by atoms with Gasteiger partial charge < -0.3 is 15.5 Å². The molecule has 1 saturated heterocycles. The van der Waals surface area contributed by atoms with Gasteiger partial charge in [-0.3, -0.25) is 0 Å². The molecule has 0 aromatic carbocycles. The van der Waals surface area contributed by atoms with Crippen molar-refractivity contribution in [2.45, 2.75) is 26.3 Å². The Morgan fingerprint density at radius 1 is 1.29 bits per heavy atom. The third-order valence-corrected chi connectivity index (χ3v) is 4.38. The number of piperazine rings is 1. The van der Waals surface area contributed by atoms with E-state index in [2.05, 4.69) is 30.7 Å². The van der Waals surface area contributed by atoms with Crippen LogP contribution in [-0.4, -0.2) is 43.1 Å². The molecule has 1 aromatic heterocycles. The summed E-state index contributed by atoms with van der Waals surface area (Å²) in [5.74, 6) is 0.464. The first-order valence-corrected chi connectivity index (χ1v) is 7.06. The van der Waals surface area contributed by atoms with Gasteiger partial charge in [0.25, 0.3) is 0 Å². The molecule has 1 fully saturated rings. The predicted molar refractivity (Wildman–Crippen MR) is 73.8 cm³/mol. The average Bonchev–Trinajstić information content (AvgIpc) is 2.74. The molecule has 1 aliphatic rings. The summed E-state index contributed by atoms with van der Waals surface area (Å²) in [7, 11) is 2.17. The Morgan fingerprint density at radius 3 is 2.41 bits per heavy atom. The van der Waals surface area contributed by atoms with Gasteiger partial charge in [0.15, 0.2) is 5.13 Å². The van der Waals surface area contributed by atoms with Crippen LogP contribution in [0.5, 0.6) is 0 Å². The molecule has 96 valence electrons. The highest BCUT2D eigenvalue weighted by Gasteiger charge is 2.20. The van der Waals surface area contributed by atoms with Crippen LogP contribution in [0.2, 0.25) is 0 Å². The molecule has 0 unspecified atom stereocenters. The molecule has 2 rings (SSSR count). The standard InChI is InChI=1S/C12H22N4S/c1-9(2)11-10(8-13)17-12(14-11)16-6-4-15(3)5-7-16/h9H,4-8,13H2,1-3H3. The van der Waals surface area contributed by atoms with Crippen molar-refractivity contribution in [2.24, 2.45) is 5.73 Å². The van der Waals surface area contributed by atoms with Gasteiger partial charge in [-0.25, -0.2) is 4.98 Å². The molecule has 2 heterocycles. The molecule has 0 saturated carbocycles. The largest absolute Gasteiger partial charge is 0.346 e. The highest BCUT2D eigenvalue weighted by molar-refractivity contribution is 7.15. The molecule has 1 aliphatic heterocycles. The smallest absolute Gasteiger partial charge is 0.185 e. The normalized spacial score (nSPS) is 18.1. The Bertz CT molecular complexity index is 367. The summed E-state index contributed by atoms with van der Waals surface area (Å²) in [6.07, 6.45) is 0. The van der Waals surface area contributed by atoms with Crippen LogP contribution in [0.1, 0.15) is 30.3 Å². The van der Waals surface area contributed by atoms with Crippen LogP contribution in [-0.2, 0) is 6.54 Å². The van der Waals surface area contributed by atoms with E-state index in [4.69, 9.17) is 10.7 Å². The Kier molecular flexibility index (Phi) is 4.01. The maximum atomic E-state index is 5.80. The Labute approximate surface area is 107 Å². The van der Waals surface area contributed by atoms with Crippen LogP contribution < -0.4 is 10.6 Å². The molecule has 17 heavy (non-hydrogen) atoms. The van der Waals surface area contributed by atoms with E-state index in [1.54, 1.807) is 11.3 Å². The molecule has 5 heteroatoms. The zero-order chi connectivity index (χ0) is 12.4. The molecule has 1 aromatic rings. The van der Waals surface area contributed by atoms with Crippen molar-refractivity contribution in [1.29, 1.82) is 0 Å². The van der Waals surface area contributed by atoms with Crippen LogP contribution in [0.3, 0.4) is 0 Å². The van der Waals surface area contributed by atoms with Gasteiger partial charge in [0.05, 0.1) is 5.69 Å². The number of likely N-dealkylation sites (N-methyl/N-ethyl adjacent to an activating group) is 1. The van der Waals surface area contributed by atoms with Crippen LogP contribution in [0.15, 0.2) is 0 Å². The van der Waals surface area contributed by atoms with E-state index in [9.17, 15) is 0 Å². The number of hydrogen-bond acceptors (Lipinski definition) is 5. The number of hydrogen-bond donors (Lipinski definition) is 1. The Balaban J connectivity index is 2.16. The van der Waals surface area contributed by atoms with Crippen LogP contribution >= 0.6 is 11.3 Å². The number of thiazole rings is 1. The van der Waals surface area contributed by atoms with E-state index in [-0.39, 0.29) is 0 Å². The molecule has 0 aliphatic carbocycles. The molecule has 0 bridgehead atoms. The zero-order valence-corrected chi connectivity index (χ0v) is 11.8. The molecule has 2 N–H and O–H groups in total. The van der Waals surface area contributed by atoms with Crippen LogP contribution in [0.4, 0.5) is 5.13 Å². The highest BCUT2D eigenvalue weighted by Crippen LogP contribution is 2.30. The van der Waals surface area contributed by atoms with Gasteiger partial charge in [-0.1, -0.05) is 13.8 Å². The lowest BCUT2D eigenvalue weighted by molar-refractivity contribution is 0.312. The van der Waals surface area contributed by atoms with Crippen LogP contribution in [0.25, 0.3) is 0 Å². The SMILES string of the molecule is CC(C)c1nc(N2CCN(C)CC2)sc1CN. The van der Waals surface area contributed by atoms with Crippen molar-refractivity contribution in [2.75, 3.05) is 38.1 Å². The minimum absolute atomic E-state index is 0.464. The fourth-order valence-electron chi connectivity index (χ4n) is 2.08. The lowest BCUT2D eigenvalue weighted by atomic mass is 10.1. The lowest BCUT2D eigenvalue weighted by Crippen LogP contribution is -2.44. The summed E-state index contributed by atoms with van der Waals surface area (Å²) in [6.45, 7) is 9.36. The van der Waals surface area contributed by atoms with Crippen molar-refractivity contribution in [3.8, 4) is 0 Å². The summed E-state index contributed by atoms with van der Waals surface area (Å²) in [6, 6.07) is 0. The maximum absolute atomic E-state index is 5.80. The number of nitrogens with two attached hydrogens (primary N) is 1. The molecular formula is C12H22N4S. The first-order valence-electron chi connectivity index (χ1n) is 6.25. The van der Waals surface area contributed by atoms with E-state index in [1.165, 1.54) is 10.6 Å². The molecule has 4 nitrogen and oxygen atoms in total. The van der Waals surface area contributed by atoms with Gasteiger partial charge in [0.2, 0.25) is 0 Å². The second-order valence-electron chi connectivity index (χ2n) is 4.95. The van der Waals surface area contributed by atoms with E-state index in [0.29, 0.717) is 12.5 Å². The predicted octanol–water partition coefficient (Wildman–Crippen LogP) is 1.48. The summed E-state index contributed by atoms with van der Waals surface area (Å²) in [5, 5.41) is 1.15. The van der Waals surface area contributed by atoms with Crippen molar-refractivity contribution < 1.29 is 0 Å². The van der Waals surface area contributed by atoms with Gasteiger partial charge in [-0.2, -0.15) is 0 Å². The fraction of sp³-hybridized carbons (Fsp3) is 0.750. The monoisotopic (exact) mass is 254 g/mol. The minimum Gasteiger partial charge on any atom is -0.346 e. The molecule has 0 amide bonds. The average molecular weight is 254 g/mol. The minimum atomic E-state index is 0.464. The number of aromatic nitrogens is 1. The summed E-state index contributed by atoms with van der Waals surface area (Å²) < 4.78 is 0. The topological polar surface area (TPSA) is 45.4 Å². The molecule has 0 radical (unpaired) electrons. The first kappa shape index (κ1) is 12.8. The van der Waals surface area contributed by atoms with E-state index in [1.807, 2.05) is 0 Å². The second kappa shape index (κ2) is 5.33. The summed E-state index contributed by atoms with van der Waals surface area (Å²) in [4.78, 5) is 10.8. The third-order valence-electron chi connectivity index (χ3n) is 3.22. The van der Waals surface area contributed by atoms with Gasteiger partial charge in [-0.05, 0) is 13.0 Å². The maximum Gasteiger partial charge on any atom is 0.185 e. The number of rotatable bonds is 3. The van der Waals surface area contributed by atoms with Gasteiger partial charge >= 0.3 is 0 Å². The molecule has 0 spiro atoms. The van der Waals surface area contributed by atoms with Gasteiger partial charge in [-0.15, -0.1) is 11.3 Å². The van der Waals surface area contributed by atoms with Crippen molar-refractivity contribution in [1.82, 2.24) is 9.88 Å². The number of anilines is 1. The lowest BCUT2D eigenvalue weighted by Gasteiger charge is -2.32. The van der Waals surface area contributed by atoms with E-state index < -0.39 is 0 Å². The van der Waals surface area contributed by atoms with Crippen LogP contribution in [0, 0.1) is 0 Å². The quantitative estimate of drug-likeness (QED) is 0.887. The molecular weight excluding hydrogens is 232 g/mol. The van der Waals surface area contributed by atoms with Crippen molar-refractivity contribution in [3.05, 3.63) is 10.6 Å². The third kappa shape index (κ3) is 2.78. The second-order valence-corrected chi connectivity index (χ2v) is 6.02. The van der Waals surface area contributed by atoms with Crippen molar-refractivity contribution >= 4 is 16.5 Å². The Morgan fingerprint density at radius 2 is 1.94 bits per heavy atom. The molecule has 0 atom stereocenters.